The Balaban J connectivity index is 2.07. The first kappa shape index (κ1) is 22.9. The molecule has 0 nitrogen and oxygen atoms in total. The summed E-state index contributed by atoms with van der Waals surface area (Å²) in [6, 6.07) is 9.69. The van der Waals surface area contributed by atoms with Gasteiger partial charge in [0.15, 0.2) is 0 Å². The van der Waals surface area contributed by atoms with Crippen molar-refractivity contribution in [2.75, 3.05) is 0 Å². The van der Waals surface area contributed by atoms with Crippen molar-refractivity contribution < 1.29 is 0 Å². The van der Waals surface area contributed by atoms with Crippen LogP contribution in [0.2, 0.25) is 42.4 Å². The van der Waals surface area contributed by atoms with Gasteiger partial charge in [-0.2, -0.15) is 0 Å². The molecule has 0 aliphatic heterocycles. The maximum atomic E-state index is 2.71. The van der Waals surface area contributed by atoms with Crippen molar-refractivity contribution in [3.05, 3.63) is 35.4 Å². The fourth-order valence-corrected chi connectivity index (χ4v) is 37.0. The van der Waals surface area contributed by atoms with Gasteiger partial charge in [0.2, 0.25) is 0 Å². The third kappa shape index (κ3) is 4.31. The molecule has 158 valence electrons. The van der Waals surface area contributed by atoms with Gasteiger partial charge in [-0.3, -0.25) is 0 Å². The Hall–Kier alpha value is 0.236. The van der Waals surface area contributed by atoms with Crippen LogP contribution in [0.3, 0.4) is 0 Å². The topological polar surface area (TPSA) is 0 Å². The molecule has 1 fully saturated rings. The fraction of sp³-hybridized carbons (Fsp3) is 0.769. The average Bonchev–Trinajstić information content (AvgIpc) is 3.25. The minimum atomic E-state index is -2.25. The van der Waals surface area contributed by atoms with E-state index in [0.717, 1.165) is 21.3 Å². The Morgan fingerprint density at radius 3 is 1.68 bits per heavy atom. The molecule has 2 aliphatic carbocycles. The second-order valence-electron chi connectivity index (χ2n) is 11.2. The monoisotopic (exact) mass is 506 g/mol. The van der Waals surface area contributed by atoms with E-state index in [-0.39, 0.29) is 0 Å². The summed E-state index contributed by atoms with van der Waals surface area (Å²) in [5, 5.41) is 0. The summed E-state index contributed by atoms with van der Waals surface area (Å²) >= 11 is -2.25. The molecule has 0 heterocycles. The number of fused-ring (bicyclic) bond motifs is 5. The van der Waals surface area contributed by atoms with Gasteiger partial charge in [-0.25, -0.2) is 0 Å². The molecule has 1 saturated carbocycles. The number of hydrogen-bond donors (Lipinski definition) is 0. The van der Waals surface area contributed by atoms with E-state index >= 15 is 0 Å². The third-order valence-corrected chi connectivity index (χ3v) is 29.8. The van der Waals surface area contributed by atoms with Gasteiger partial charge in [-0.15, -0.1) is 0 Å². The van der Waals surface area contributed by atoms with Crippen LogP contribution < -0.4 is 0 Å². The van der Waals surface area contributed by atoms with Gasteiger partial charge >= 0.3 is 182 Å². The van der Waals surface area contributed by atoms with Crippen LogP contribution in [0.15, 0.2) is 24.3 Å². The van der Waals surface area contributed by atoms with Crippen LogP contribution in [0, 0.1) is 0 Å². The van der Waals surface area contributed by atoms with Crippen molar-refractivity contribution in [2.45, 2.75) is 120 Å². The molecule has 0 amide bonds. The summed E-state index contributed by atoms with van der Waals surface area (Å²) in [6.07, 6.45) is 10.3. The van der Waals surface area contributed by atoms with Gasteiger partial charge in [-0.05, 0) is 0 Å². The molecule has 4 atom stereocenters. The van der Waals surface area contributed by atoms with E-state index in [2.05, 4.69) is 64.7 Å². The second kappa shape index (κ2) is 9.58. The Labute approximate surface area is 181 Å². The van der Waals surface area contributed by atoms with Crippen LogP contribution in [-0.2, 0) is 0 Å². The molecule has 0 aromatic heterocycles. The Kier molecular flexibility index (Phi) is 7.84. The Morgan fingerprint density at radius 2 is 1.25 bits per heavy atom. The quantitative estimate of drug-likeness (QED) is 0.263. The van der Waals surface area contributed by atoms with Crippen molar-refractivity contribution in [3.8, 4) is 0 Å². The van der Waals surface area contributed by atoms with Gasteiger partial charge in [-0.1, -0.05) is 0 Å². The summed E-state index contributed by atoms with van der Waals surface area (Å²) in [6.45, 7) is 15.4. The molecule has 0 saturated heterocycles. The minimum absolute atomic E-state index is 0.916. The molecule has 0 spiro atoms. The van der Waals surface area contributed by atoms with Gasteiger partial charge in [0.05, 0.1) is 0 Å². The van der Waals surface area contributed by atoms with Crippen molar-refractivity contribution in [1.29, 1.82) is 0 Å². The maximum absolute atomic E-state index is 2.71. The first-order chi connectivity index (χ1) is 13.4. The van der Waals surface area contributed by atoms with Gasteiger partial charge in [0, 0.05) is 0 Å². The van der Waals surface area contributed by atoms with Gasteiger partial charge in [0.25, 0.3) is 0 Å². The van der Waals surface area contributed by atoms with Crippen molar-refractivity contribution in [2.24, 2.45) is 0 Å². The molecule has 4 unspecified atom stereocenters. The van der Waals surface area contributed by atoms with E-state index in [1.54, 1.807) is 24.4 Å². The van der Waals surface area contributed by atoms with Crippen LogP contribution >= 0.6 is 0 Å². The molecule has 1 aromatic rings. The molecular weight excluding hydrogens is 459 g/mol. The summed E-state index contributed by atoms with van der Waals surface area (Å²) in [5.74, 6) is 1.86. The zero-order chi connectivity index (χ0) is 20.4. The van der Waals surface area contributed by atoms with Gasteiger partial charge in [0.1, 0.15) is 0 Å². The predicted octanol–water partition coefficient (Wildman–Crippen LogP) is 9.20. The molecule has 2 heteroatoms. The van der Waals surface area contributed by atoms with Crippen LogP contribution in [-0.4, -0.2) is 26.5 Å². The van der Waals surface area contributed by atoms with Crippen molar-refractivity contribution in [3.63, 3.8) is 0 Å². The number of unbranched alkanes of at least 4 members (excludes halogenated alkanes) is 3. The van der Waals surface area contributed by atoms with E-state index in [9.17, 15) is 0 Å². The molecule has 28 heavy (non-hydrogen) atoms. The molecule has 2 aliphatic rings. The first-order valence-corrected chi connectivity index (χ1v) is 23.8. The normalized spacial score (nSPS) is 26.6. The molecule has 1 aromatic carbocycles. The third-order valence-electron chi connectivity index (χ3n) is 8.35. The fourth-order valence-electron chi connectivity index (χ4n) is 7.31. The van der Waals surface area contributed by atoms with E-state index in [1.807, 2.05) is 0 Å². The van der Waals surface area contributed by atoms with Crippen molar-refractivity contribution in [1.82, 2.24) is 0 Å². The van der Waals surface area contributed by atoms with Crippen LogP contribution in [0.25, 0.3) is 0 Å². The Bertz CT molecular complexity index is 610. The molecule has 0 N–H and O–H groups in total. The number of hydrogen-bond acceptors (Lipinski definition) is 0. The van der Waals surface area contributed by atoms with E-state index in [1.165, 1.54) is 44.9 Å². The number of benzene rings is 1. The summed E-state index contributed by atoms with van der Waals surface area (Å²) in [5.41, 5.74) is 4.66. The zero-order valence-corrected chi connectivity index (χ0v) is 23.5. The number of rotatable bonds is 11. The van der Waals surface area contributed by atoms with E-state index < -0.39 is 26.5 Å². The molecular formula is C26H46SiSn. The van der Waals surface area contributed by atoms with Gasteiger partial charge < -0.3 is 0 Å². The second-order valence-corrected chi connectivity index (χ2v) is 30.5. The summed E-state index contributed by atoms with van der Waals surface area (Å²) < 4.78 is 6.25. The predicted molar refractivity (Wildman–Crippen MR) is 132 cm³/mol. The summed E-state index contributed by atoms with van der Waals surface area (Å²) in [4.78, 5) is 0. The van der Waals surface area contributed by atoms with Crippen LogP contribution in [0.1, 0.15) is 88.7 Å². The van der Waals surface area contributed by atoms with Crippen molar-refractivity contribution >= 4 is 26.5 Å². The molecule has 0 radical (unpaired) electrons. The SMILES string of the molecule is CCC[CH2][Sn]([CH2]CCC)([CH2]CCC)[CH]1C2CC(c3ccccc32)C1[Si](C)(C)C. The van der Waals surface area contributed by atoms with Crippen LogP contribution in [0.5, 0.6) is 0 Å². The molecule has 2 bridgehead atoms. The van der Waals surface area contributed by atoms with Crippen LogP contribution in [0.4, 0.5) is 0 Å². The first-order valence-electron chi connectivity index (χ1n) is 12.5. The summed E-state index contributed by atoms with van der Waals surface area (Å²) in [7, 11) is -1.18. The zero-order valence-electron chi connectivity index (χ0n) is 19.7. The average molecular weight is 505 g/mol. The Morgan fingerprint density at radius 1 is 0.786 bits per heavy atom. The molecule has 3 rings (SSSR count). The van der Waals surface area contributed by atoms with E-state index in [0.29, 0.717) is 0 Å². The standard InChI is InChI=1S/C14H19Si.3C4H9.Sn/c1-15(2,3)14-9-10-8-13(14)12-7-5-4-6-11(10)12;3*1-3-4-2;/h4-7,9-10,13-14H,8H2,1-3H3;3*1,3-4H2,2H3;. The van der Waals surface area contributed by atoms with E-state index in [4.69, 9.17) is 0 Å².